The number of hydrogen-bond donors (Lipinski definition) is 0. The fourth-order valence-electron chi connectivity index (χ4n) is 0.200. The van der Waals surface area contributed by atoms with Gasteiger partial charge in [0.15, 0.2) is 0 Å². The van der Waals surface area contributed by atoms with Crippen molar-refractivity contribution in [3.63, 3.8) is 0 Å². The summed E-state index contributed by atoms with van der Waals surface area (Å²) in [7, 11) is 0. The monoisotopic (exact) mass is 308 g/mol. The molecule has 0 bridgehead atoms. The number of carboxylic acids is 1. The van der Waals surface area contributed by atoms with E-state index in [-0.39, 0.29) is 51.4 Å². The molecule has 0 aromatic carbocycles. The van der Waals surface area contributed by atoms with E-state index in [1.807, 2.05) is 0 Å². The SMILES string of the molecule is CC(=O)[O-].O=C(OC(=O)C(F)(F)F)C(F)(F)F.[K+]. The van der Waals surface area contributed by atoms with Crippen LogP contribution < -0.4 is 56.5 Å². The van der Waals surface area contributed by atoms with E-state index in [4.69, 9.17) is 9.90 Å². The van der Waals surface area contributed by atoms with Crippen molar-refractivity contribution in [3.8, 4) is 0 Å². The van der Waals surface area contributed by atoms with Gasteiger partial charge in [-0.3, -0.25) is 0 Å². The van der Waals surface area contributed by atoms with Gasteiger partial charge in [-0.1, -0.05) is 0 Å². The van der Waals surface area contributed by atoms with Crippen molar-refractivity contribution in [3.05, 3.63) is 0 Å². The van der Waals surface area contributed by atoms with Gasteiger partial charge in [-0.05, 0) is 6.92 Å². The zero-order valence-corrected chi connectivity index (χ0v) is 11.9. The molecule has 0 aliphatic carbocycles. The van der Waals surface area contributed by atoms with Crippen molar-refractivity contribution in [2.75, 3.05) is 0 Å². The van der Waals surface area contributed by atoms with Gasteiger partial charge in [0.1, 0.15) is 0 Å². The Morgan fingerprint density at radius 2 is 1.06 bits per heavy atom. The molecule has 0 unspecified atom stereocenters. The van der Waals surface area contributed by atoms with Crippen LogP contribution >= 0.6 is 0 Å². The molecule has 0 radical (unpaired) electrons. The molecule has 0 aromatic heterocycles. The van der Waals surface area contributed by atoms with Crippen LogP contribution in [0.2, 0.25) is 0 Å². The average Bonchev–Trinajstić information content (AvgIpc) is 1.98. The van der Waals surface area contributed by atoms with E-state index in [1.54, 1.807) is 0 Å². The normalized spacial score (nSPS) is 10.4. The van der Waals surface area contributed by atoms with Crippen LogP contribution in [0, 0.1) is 0 Å². The van der Waals surface area contributed by atoms with Crippen molar-refractivity contribution >= 4 is 17.9 Å². The number of alkyl halides is 6. The quantitative estimate of drug-likeness (QED) is 0.205. The Morgan fingerprint density at radius 3 is 1.17 bits per heavy atom. The van der Waals surface area contributed by atoms with E-state index in [0.29, 0.717) is 0 Å². The number of esters is 2. The van der Waals surface area contributed by atoms with Crippen molar-refractivity contribution in [1.82, 2.24) is 0 Å². The number of aliphatic carboxylic acids is 1. The summed E-state index contributed by atoms with van der Waals surface area (Å²) in [5.41, 5.74) is 0. The first-order chi connectivity index (χ1) is 7.28. The molecule has 0 amide bonds. The average molecular weight is 308 g/mol. The Balaban J connectivity index is -0.000000392. The molecule has 0 fully saturated rings. The molecule has 18 heavy (non-hydrogen) atoms. The topological polar surface area (TPSA) is 83.5 Å². The molecule has 100 valence electrons. The van der Waals surface area contributed by atoms with Crippen molar-refractivity contribution in [2.45, 2.75) is 19.3 Å². The van der Waals surface area contributed by atoms with Gasteiger partial charge >= 0.3 is 75.7 Å². The Hall–Kier alpha value is -0.174. The molecule has 0 aliphatic rings. The standard InChI is InChI=1S/C4F6O3.C2H4O2.K/c5-3(6,7)1(11)13-2(12)4(8,9)10;1-2(3)4;/h;1H3,(H,3,4);/q;;+1/p-1. The minimum atomic E-state index is -5.62. The van der Waals surface area contributed by atoms with E-state index in [1.165, 1.54) is 0 Å². The zero-order chi connectivity index (χ0) is 14.4. The van der Waals surface area contributed by atoms with Crippen molar-refractivity contribution in [1.29, 1.82) is 0 Å². The predicted molar refractivity (Wildman–Crippen MR) is 33.9 cm³/mol. The van der Waals surface area contributed by atoms with E-state index in [0.717, 1.165) is 6.92 Å². The van der Waals surface area contributed by atoms with Gasteiger partial charge < -0.3 is 14.6 Å². The first-order valence-corrected chi connectivity index (χ1v) is 3.36. The Kier molecular flexibility index (Phi) is 11.3. The largest absolute Gasteiger partial charge is 1.00 e. The number of carbonyl (C=O) groups excluding carboxylic acids is 3. The van der Waals surface area contributed by atoms with Crippen molar-refractivity contribution in [2.24, 2.45) is 0 Å². The minimum absolute atomic E-state index is 0. The van der Waals surface area contributed by atoms with Gasteiger partial charge in [0, 0.05) is 5.97 Å². The molecular weight excluding hydrogens is 305 g/mol. The maximum absolute atomic E-state index is 11.2. The summed E-state index contributed by atoms with van der Waals surface area (Å²) in [6.07, 6.45) is -11.2. The molecule has 0 spiro atoms. The number of ether oxygens (including phenoxy) is 1. The van der Waals surface area contributed by atoms with Gasteiger partial charge in [0.05, 0.1) is 0 Å². The number of carbonyl (C=O) groups is 3. The third-order valence-corrected chi connectivity index (χ3v) is 0.648. The molecule has 0 rings (SSSR count). The van der Waals surface area contributed by atoms with E-state index < -0.39 is 30.3 Å². The fraction of sp³-hybridized carbons (Fsp3) is 0.500. The second-order valence-corrected chi connectivity index (χ2v) is 2.16. The van der Waals surface area contributed by atoms with Gasteiger partial charge in [-0.25, -0.2) is 9.59 Å². The number of hydrogen-bond acceptors (Lipinski definition) is 5. The summed E-state index contributed by atoms with van der Waals surface area (Å²) in [6.45, 7) is 0.972. The molecule has 0 saturated heterocycles. The molecule has 0 atom stereocenters. The molecule has 0 N–H and O–H groups in total. The van der Waals surface area contributed by atoms with Gasteiger partial charge in [-0.15, -0.1) is 0 Å². The second-order valence-electron chi connectivity index (χ2n) is 2.16. The van der Waals surface area contributed by atoms with Crippen LogP contribution in [0.4, 0.5) is 26.3 Å². The van der Waals surface area contributed by atoms with Crippen LogP contribution in [0.5, 0.6) is 0 Å². The van der Waals surface area contributed by atoms with E-state index in [9.17, 15) is 35.9 Å². The van der Waals surface area contributed by atoms with Crippen LogP contribution in [-0.4, -0.2) is 30.3 Å². The third kappa shape index (κ3) is 13.9. The van der Waals surface area contributed by atoms with E-state index in [2.05, 4.69) is 4.74 Å². The van der Waals surface area contributed by atoms with Crippen LogP contribution in [0.3, 0.4) is 0 Å². The maximum atomic E-state index is 11.2. The summed E-state index contributed by atoms with van der Waals surface area (Å²) < 4.78 is 69.7. The van der Waals surface area contributed by atoms with Crippen LogP contribution in [0.15, 0.2) is 0 Å². The van der Waals surface area contributed by atoms with Gasteiger partial charge in [0.25, 0.3) is 0 Å². The molecule has 0 aliphatic heterocycles. The number of rotatable bonds is 0. The van der Waals surface area contributed by atoms with Gasteiger partial charge in [0.2, 0.25) is 0 Å². The molecule has 5 nitrogen and oxygen atoms in total. The first kappa shape index (κ1) is 23.0. The first-order valence-electron chi connectivity index (χ1n) is 3.36. The minimum Gasteiger partial charge on any atom is -0.550 e. The molecule has 0 saturated carbocycles. The zero-order valence-electron chi connectivity index (χ0n) is 8.81. The Labute approximate surface area is 138 Å². The Bertz CT molecular complexity index is 281. The number of carboxylic acid groups (broad SMARTS) is 1. The molecule has 0 heterocycles. The summed E-state index contributed by atoms with van der Waals surface area (Å²) in [4.78, 5) is 28.2. The van der Waals surface area contributed by atoms with Crippen LogP contribution in [0.25, 0.3) is 0 Å². The van der Waals surface area contributed by atoms with Gasteiger partial charge in [-0.2, -0.15) is 26.3 Å². The number of halogens is 6. The van der Waals surface area contributed by atoms with E-state index >= 15 is 0 Å². The summed E-state index contributed by atoms with van der Waals surface area (Å²) in [6, 6.07) is 0. The summed E-state index contributed by atoms with van der Waals surface area (Å²) in [5, 5.41) is 8.89. The second kappa shape index (κ2) is 8.85. The molecule has 12 heteroatoms. The fourth-order valence-corrected chi connectivity index (χ4v) is 0.200. The smallest absolute Gasteiger partial charge is 0.550 e. The predicted octanol–water partition coefficient (Wildman–Crippen LogP) is -3.06. The van der Waals surface area contributed by atoms with Crippen molar-refractivity contribution < 1.29 is 102 Å². The molecular formula is C6H3F6KO5. The van der Waals surface area contributed by atoms with Crippen LogP contribution in [0.1, 0.15) is 6.92 Å². The maximum Gasteiger partial charge on any atom is 1.00 e. The summed E-state index contributed by atoms with van der Waals surface area (Å²) >= 11 is 0. The third-order valence-electron chi connectivity index (χ3n) is 0.648. The summed E-state index contributed by atoms with van der Waals surface area (Å²) in [5.74, 6) is -7.48. The van der Waals surface area contributed by atoms with Crippen LogP contribution in [-0.2, 0) is 19.1 Å². The molecule has 0 aromatic rings. The Morgan fingerprint density at radius 1 is 0.889 bits per heavy atom.